The maximum absolute atomic E-state index is 15.8. The molecule has 2 unspecified atom stereocenters. The normalized spacial score (nSPS) is 22.0. The third kappa shape index (κ3) is 11.4. The van der Waals surface area contributed by atoms with E-state index in [4.69, 9.17) is 26.3 Å². The van der Waals surface area contributed by atoms with Gasteiger partial charge >= 0.3 is 6.09 Å². The number of anilines is 2. The Labute approximate surface area is 408 Å². The van der Waals surface area contributed by atoms with Crippen molar-refractivity contribution in [3.63, 3.8) is 0 Å². The number of likely N-dealkylation sites (tertiary alicyclic amines) is 1. The minimum atomic E-state index is -1.43. The van der Waals surface area contributed by atoms with Crippen LogP contribution in [0.3, 0.4) is 0 Å². The SMILES string of the molecule is C=CCOC(=O)NCC(=O)NCN1C(=O)CCC(C2C(=O)c3cc(F)c(N4CCN(CC5CCN(c6ccc(C(=O)NC7CCC(Oc8ccc(C#N)c(Cl)c8)CC7)nn6)CC5)CC4)cc3C2=O)C1=O. The number of Topliss-reactive ketones (excluding diaryl/α,β-unsaturated/α-hetero) is 2. The number of aromatic nitrogens is 2. The summed E-state index contributed by atoms with van der Waals surface area (Å²) in [5.74, 6) is -5.16. The quantitative estimate of drug-likeness (QED) is 0.111. The van der Waals surface area contributed by atoms with Gasteiger partial charge in [-0.3, -0.25) is 38.6 Å². The van der Waals surface area contributed by atoms with E-state index in [1.807, 2.05) is 17.0 Å². The van der Waals surface area contributed by atoms with Crippen molar-refractivity contribution in [2.75, 3.05) is 75.4 Å². The van der Waals surface area contributed by atoms with E-state index in [0.29, 0.717) is 54.3 Å². The molecule has 2 aliphatic carbocycles. The largest absolute Gasteiger partial charge is 0.490 e. The number of amides is 5. The zero-order valence-electron chi connectivity index (χ0n) is 38.5. The maximum Gasteiger partial charge on any atom is 0.407 e. The number of benzene rings is 2. The van der Waals surface area contributed by atoms with Crippen LogP contribution in [0, 0.1) is 34.9 Å². The van der Waals surface area contributed by atoms with Gasteiger partial charge in [-0.1, -0.05) is 24.3 Å². The number of imide groups is 1. The minimum absolute atomic E-state index is 0.00747. The van der Waals surface area contributed by atoms with Crippen LogP contribution in [0.1, 0.15) is 88.1 Å². The fraction of sp³-hybridized carbons (Fsp3) is 0.469. The van der Waals surface area contributed by atoms with Crippen LogP contribution in [0.15, 0.2) is 55.1 Å². The molecule has 3 aromatic rings. The van der Waals surface area contributed by atoms with Crippen LogP contribution in [0.2, 0.25) is 5.02 Å². The molecule has 2 aromatic carbocycles. The number of rotatable bonds is 15. The summed E-state index contributed by atoms with van der Waals surface area (Å²) in [6, 6.07) is 13.1. The molecule has 4 heterocycles. The Morgan fingerprint density at radius 2 is 1.60 bits per heavy atom. The second-order valence-corrected chi connectivity index (χ2v) is 18.6. The van der Waals surface area contributed by atoms with Crippen LogP contribution < -0.4 is 30.5 Å². The van der Waals surface area contributed by atoms with Crippen LogP contribution in [0.25, 0.3) is 0 Å². The van der Waals surface area contributed by atoms with Gasteiger partial charge in [-0.15, -0.1) is 10.2 Å². The number of carbonyl (C=O) groups is 7. The number of ketones is 2. The average Bonchev–Trinajstić information content (AvgIpc) is 3.60. The second-order valence-electron chi connectivity index (χ2n) is 18.2. The lowest BCUT2D eigenvalue weighted by atomic mass is 9.81. The van der Waals surface area contributed by atoms with Crippen molar-refractivity contribution in [2.45, 2.75) is 63.5 Å². The van der Waals surface area contributed by atoms with Crippen molar-refractivity contribution >= 4 is 64.4 Å². The van der Waals surface area contributed by atoms with Gasteiger partial charge in [0.25, 0.3) is 5.91 Å². The number of nitriles is 1. The molecular formula is C49H54ClFN10O9. The van der Waals surface area contributed by atoms with Crippen LogP contribution >= 0.6 is 11.6 Å². The third-order valence-corrected chi connectivity index (χ3v) is 14.0. The van der Waals surface area contributed by atoms with Gasteiger partial charge in [0.1, 0.15) is 37.5 Å². The van der Waals surface area contributed by atoms with E-state index in [0.717, 1.165) is 69.1 Å². The Kier molecular flexibility index (Phi) is 15.7. The molecule has 2 atom stereocenters. The lowest BCUT2D eigenvalue weighted by Crippen LogP contribution is -2.53. The van der Waals surface area contributed by atoms with Gasteiger partial charge in [-0.05, 0) is 87.3 Å². The van der Waals surface area contributed by atoms with Crippen LogP contribution in [-0.2, 0) is 19.1 Å². The van der Waals surface area contributed by atoms with Crippen molar-refractivity contribution in [3.8, 4) is 11.8 Å². The summed E-state index contributed by atoms with van der Waals surface area (Å²) in [5.41, 5.74) is 0.797. The molecular weight excluding hydrogens is 927 g/mol. The Morgan fingerprint density at radius 1 is 0.871 bits per heavy atom. The van der Waals surface area contributed by atoms with Crippen molar-refractivity contribution in [2.24, 2.45) is 17.8 Å². The fourth-order valence-corrected chi connectivity index (χ4v) is 10.1. The van der Waals surface area contributed by atoms with Crippen LogP contribution in [-0.4, -0.2) is 139 Å². The van der Waals surface area contributed by atoms with E-state index in [9.17, 15) is 33.6 Å². The summed E-state index contributed by atoms with van der Waals surface area (Å²) in [6.07, 6.45) is 5.15. The predicted molar refractivity (Wildman–Crippen MR) is 252 cm³/mol. The van der Waals surface area contributed by atoms with Crippen molar-refractivity contribution in [1.82, 2.24) is 35.9 Å². The predicted octanol–water partition coefficient (Wildman–Crippen LogP) is 4.05. The number of alkyl carbamates (subject to hydrolysis) is 1. The Bertz CT molecular complexity index is 2570. The molecule has 0 bridgehead atoms. The molecule has 8 rings (SSSR count). The minimum Gasteiger partial charge on any atom is -0.490 e. The zero-order valence-corrected chi connectivity index (χ0v) is 39.3. The van der Waals surface area contributed by atoms with Gasteiger partial charge in [0, 0.05) is 75.5 Å². The molecule has 5 amide bonds. The summed E-state index contributed by atoms with van der Waals surface area (Å²) in [5, 5.41) is 25.8. The number of piperazine rings is 1. The molecule has 0 radical (unpaired) electrons. The highest BCUT2D eigenvalue weighted by atomic mass is 35.5. The highest BCUT2D eigenvalue weighted by molar-refractivity contribution is 6.32. The lowest BCUT2D eigenvalue weighted by Gasteiger charge is -2.40. The van der Waals surface area contributed by atoms with E-state index in [1.165, 1.54) is 12.1 Å². The highest BCUT2D eigenvalue weighted by Gasteiger charge is 2.50. The molecule has 368 valence electrons. The number of nitrogens with zero attached hydrogens (tertiary/aromatic N) is 7. The topological polar surface area (TPSA) is 237 Å². The average molecular weight is 981 g/mol. The Morgan fingerprint density at radius 3 is 2.27 bits per heavy atom. The molecule has 4 fully saturated rings. The van der Waals surface area contributed by atoms with E-state index in [1.54, 1.807) is 24.3 Å². The van der Waals surface area contributed by atoms with Gasteiger partial charge in [0.15, 0.2) is 23.1 Å². The van der Waals surface area contributed by atoms with E-state index in [-0.39, 0.29) is 60.0 Å². The van der Waals surface area contributed by atoms with Gasteiger partial charge in [-0.2, -0.15) is 5.26 Å². The summed E-state index contributed by atoms with van der Waals surface area (Å²) < 4.78 is 26.6. The molecule has 1 aromatic heterocycles. The third-order valence-electron chi connectivity index (χ3n) is 13.7. The Balaban J connectivity index is 0.762. The summed E-state index contributed by atoms with van der Waals surface area (Å²) >= 11 is 6.15. The van der Waals surface area contributed by atoms with Gasteiger partial charge < -0.3 is 35.2 Å². The number of fused-ring (bicyclic) bond motifs is 1. The first kappa shape index (κ1) is 49.4. The van der Waals surface area contributed by atoms with E-state index >= 15 is 4.39 Å². The molecule has 3 aliphatic heterocycles. The van der Waals surface area contributed by atoms with Crippen LogP contribution in [0.5, 0.6) is 5.75 Å². The first-order valence-electron chi connectivity index (χ1n) is 23.6. The van der Waals surface area contributed by atoms with Crippen molar-refractivity contribution in [1.29, 1.82) is 5.26 Å². The summed E-state index contributed by atoms with van der Waals surface area (Å²) in [6.45, 7) is 7.09. The number of piperidine rings is 2. The molecule has 19 nitrogen and oxygen atoms in total. The molecule has 3 saturated heterocycles. The zero-order chi connectivity index (χ0) is 49.5. The first-order valence-corrected chi connectivity index (χ1v) is 24.0. The molecule has 1 saturated carbocycles. The van der Waals surface area contributed by atoms with Gasteiger partial charge in [0.05, 0.1) is 34.2 Å². The van der Waals surface area contributed by atoms with Gasteiger partial charge in [-0.25, -0.2) is 9.18 Å². The number of hydrogen-bond donors (Lipinski definition) is 3. The number of ether oxygens (including phenoxy) is 2. The summed E-state index contributed by atoms with van der Waals surface area (Å²) in [4.78, 5) is 97.9. The fourth-order valence-electron chi connectivity index (χ4n) is 9.87. The molecule has 5 aliphatic rings. The van der Waals surface area contributed by atoms with E-state index in [2.05, 4.69) is 42.5 Å². The number of carbonyl (C=O) groups excluding carboxylic acids is 7. The standard InChI is InChI=1S/C49H54ClFN10O9/c1-2-21-69-49(68)53-26-42(62)54-28-61-43(63)12-9-34(48(61)67)44-45(64)35-23-38(51)40(24-36(35)46(44)65)59-19-17-58(18-20-59)27-29-13-15-60(16-14-29)41-11-10-39(56-57-41)47(66)55-31-4-7-32(8-5-31)70-33-6-3-30(25-52)37(50)22-33/h2-3,6,10-11,22-24,29,31-32,34,44H,1,4-5,7-9,12-21,26-28H2,(H,53,68)(H,54,62)(H,55,66). The molecule has 3 N–H and O–H groups in total. The van der Waals surface area contributed by atoms with Crippen molar-refractivity contribution < 1.29 is 47.4 Å². The monoisotopic (exact) mass is 980 g/mol. The van der Waals surface area contributed by atoms with Gasteiger partial charge in [0.2, 0.25) is 17.7 Å². The first-order chi connectivity index (χ1) is 33.8. The number of hydrogen-bond acceptors (Lipinski definition) is 15. The number of halogens is 2. The molecule has 21 heteroatoms. The van der Waals surface area contributed by atoms with Crippen LogP contribution in [0.4, 0.5) is 20.7 Å². The summed E-state index contributed by atoms with van der Waals surface area (Å²) in [7, 11) is 0. The number of nitrogens with one attached hydrogen (secondary N) is 3. The highest BCUT2D eigenvalue weighted by Crippen LogP contribution is 2.39. The van der Waals surface area contributed by atoms with Crippen molar-refractivity contribution in [3.05, 3.63) is 88.3 Å². The lowest BCUT2D eigenvalue weighted by molar-refractivity contribution is -0.153. The smallest absolute Gasteiger partial charge is 0.407 e. The molecule has 0 spiro atoms. The maximum atomic E-state index is 15.8. The van der Waals surface area contributed by atoms with E-state index < -0.39 is 66.2 Å². The Hall–Kier alpha value is -6.98. The molecule has 70 heavy (non-hydrogen) atoms. The second kappa shape index (κ2) is 22.2.